The van der Waals surface area contributed by atoms with Gasteiger partial charge >= 0.3 is 0 Å². The van der Waals surface area contributed by atoms with Crippen molar-refractivity contribution in [1.29, 1.82) is 0 Å². The van der Waals surface area contributed by atoms with E-state index in [1.54, 1.807) is 25.1 Å². The van der Waals surface area contributed by atoms with E-state index in [4.69, 9.17) is 0 Å². The molecule has 0 aromatic heterocycles. The summed E-state index contributed by atoms with van der Waals surface area (Å²) in [5.74, 6) is -0.543. The number of hydrogen-bond acceptors (Lipinski definition) is 1. The average Bonchev–Trinajstić information content (AvgIpc) is 3.29. The van der Waals surface area contributed by atoms with E-state index in [-0.39, 0.29) is 29.4 Å². The first kappa shape index (κ1) is 14.7. The molecule has 0 saturated heterocycles. The monoisotopic (exact) mass is 301 g/mol. The van der Waals surface area contributed by atoms with Gasteiger partial charge in [0, 0.05) is 12.5 Å². The molecule has 0 spiro atoms. The van der Waals surface area contributed by atoms with Gasteiger partial charge in [-0.05, 0) is 54.2 Å². The van der Waals surface area contributed by atoms with E-state index in [9.17, 15) is 13.6 Å². The van der Waals surface area contributed by atoms with Gasteiger partial charge in [-0.15, -0.1) is 0 Å². The van der Waals surface area contributed by atoms with Gasteiger partial charge in [-0.1, -0.05) is 24.3 Å². The fourth-order valence-corrected chi connectivity index (χ4v) is 2.73. The first-order chi connectivity index (χ1) is 10.5. The number of aryl methyl sites for hydroxylation is 1. The first-order valence-electron chi connectivity index (χ1n) is 7.33. The van der Waals surface area contributed by atoms with Crippen LogP contribution in [0.15, 0.2) is 42.5 Å². The van der Waals surface area contributed by atoms with Crippen LogP contribution in [0.3, 0.4) is 0 Å². The Bertz CT molecular complexity index is 714. The zero-order valence-electron chi connectivity index (χ0n) is 12.3. The van der Waals surface area contributed by atoms with Crippen molar-refractivity contribution in [2.75, 3.05) is 0 Å². The summed E-state index contributed by atoms with van der Waals surface area (Å²) in [5.41, 5.74) is 2.31. The van der Waals surface area contributed by atoms with Gasteiger partial charge in [-0.2, -0.15) is 0 Å². The second-order valence-electron chi connectivity index (χ2n) is 5.81. The molecule has 1 N–H and O–H groups in total. The summed E-state index contributed by atoms with van der Waals surface area (Å²) in [6.07, 6.45) is 0.748. The van der Waals surface area contributed by atoms with Crippen LogP contribution in [0, 0.1) is 24.5 Å². The maximum atomic E-state index is 13.2. The number of amides is 1. The van der Waals surface area contributed by atoms with Gasteiger partial charge in [0.1, 0.15) is 11.6 Å². The first-order valence-corrected chi connectivity index (χ1v) is 7.33. The quantitative estimate of drug-likeness (QED) is 0.917. The van der Waals surface area contributed by atoms with Crippen molar-refractivity contribution in [2.45, 2.75) is 25.8 Å². The van der Waals surface area contributed by atoms with Crippen LogP contribution in [0.1, 0.15) is 29.0 Å². The molecule has 2 aromatic rings. The van der Waals surface area contributed by atoms with Crippen LogP contribution in [0.5, 0.6) is 0 Å². The number of halogens is 2. The van der Waals surface area contributed by atoms with Crippen molar-refractivity contribution >= 4 is 5.91 Å². The molecule has 0 bridgehead atoms. The Hall–Kier alpha value is -2.23. The van der Waals surface area contributed by atoms with Crippen LogP contribution >= 0.6 is 0 Å². The van der Waals surface area contributed by atoms with Gasteiger partial charge in [0.2, 0.25) is 5.91 Å². The van der Waals surface area contributed by atoms with Crippen LogP contribution in [0.25, 0.3) is 0 Å². The Morgan fingerprint density at radius 1 is 1.23 bits per heavy atom. The third kappa shape index (κ3) is 3.16. The van der Waals surface area contributed by atoms with E-state index in [2.05, 4.69) is 5.32 Å². The Kier molecular flexibility index (Phi) is 3.92. The van der Waals surface area contributed by atoms with Gasteiger partial charge in [0.15, 0.2) is 0 Å². The SMILES string of the molecule is Cc1cc(CNC(=O)C2CC2c2cccc(F)c2)ccc1F. The molecule has 2 unspecified atom stereocenters. The molecule has 4 heteroatoms. The minimum Gasteiger partial charge on any atom is -0.352 e. The maximum Gasteiger partial charge on any atom is 0.224 e. The Morgan fingerprint density at radius 3 is 2.77 bits per heavy atom. The summed E-state index contributed by atoms with van der Waals surface area (Å²) in [6, 6.07) is 11.2. The highest BCUT2D eigenvalue weighted by molar-refractivity contribution is 5.82. The molecule has 1 fully saturated rings. The smallest absolute Gasteiger partial charge is 0.224 e. The van der Waals surface area contributed by atoms with Crippen molar-refractivity contribution in [2.24, 2.45) is 5.92 Å². The van der Waals surface area contributed by atoms with Gasteiger partial charge < -0.3 is 5.32 Å². The van der Waals surface area contributed by atoms with Crippen LogP contribution < -0.4 is 5.32 Å². The molecule has 1 aliphatic carbocycles. The topological polar surface area (TPSA) is 29.1 Å². The highest BCUT2D eigenvalue weighted by atomic mass is 19.1. The number of benzene rings is 2. The van der Waals surface area contributed by atoms with Gasteiger partial charge in [0.25, 0.3) is 0 Å². The zero-order chi connectivity index (χ0) is 15.7. The number of nitrogens with one attached hydrogen (secondary N) is 1. The van der Waals surface area contributed by atoms with Gasteiger partial charge in [0.05, 0.1) is 0 Å². The van der Waals surface area contributed by atoms with E-state index in [1.165, 1.54) is 18.2 Å². The van der Waals surface area contributed by atoms with Crippen molar-refractivity contribution in [3.63, 3.8) is 0 Å². The molecule has 3 rings (SSSR count). The standard InChI is InChI=1S/C18H17F2NO/c1-11-7-12(5-6-17(11)20)10-21-18(22)16-9-15(16)13-3-2-4-14(19)8-13/h2-8,15-16H,9-10H2,1H3,(H,21,22). The Balaban J connectivity index is 1.56. The Labute approximate surface area is 128 Å². The summed E-state index contributed by atoms with van der Waals surface area (Å²) in [4.78, 5) is 12.1. The van der Waals surface area contributed by atoms with E-state index in [1.807, 2.05) is 6.07 Å². The highest BCUT2D eigenvalue weighted by Gasteiger charge is 2.43. The number of rotatable bonds is 4. The van der Waals surface area contributed by atoms with Crippen LogP contribution in [0.4, 0.5) is 8.78 Å². The van der Waals surface area contributed by atoms with Crippen molar-refractivity contribution in [3.05, 3.63) is 70.8 Å². The molecule has 0 radical (unpaired) electrons. The van der Waals surface area contributed by atoms with E-state index in [0.29, 0.717) is 12.1 Å². The summed E-state index contributed by atoms with van der Waals surface area (Å²) in [7, 11) is 0. The molecule has 1 amide bonds. The minimum atomic E-state index is -0.273. The van der Waals surface area contributed by atoms with Crippen LogP contribution in [0.2, 0.25) is 0 Å². The molecule has 22 heavy (non-hydrogen) atoms. The zero-order valence-corrected chi connectivity index (χ0v) is 12.3. The van der Waals surface area contributed by atoms with Crippen LogP contribution in [-0.4, -0.2) is 5.91 Å². The molecule has 2 aromatic carbocycles. The molecular weight excluding hydrogens is 284 g/mol. The van der Waals surface area contributed by atoms with E-state index < -0.39 is 0 Å². The Morgan fingerprint density at radius 2 is 2.05 bits per heavy atom. The number of carbonyl (C=O) groups excluding carboxylic acids is 1. The van der Waals surface area contributed by atoms with Gasteiger partial charge in [-0.25, -0.2) is 8.78 Å². The van der Waals surface area contributed by atoms with E-state index >= 15 is 0 Å². The third-order valence-corrected chi connectivity index (χ3v) is 4.09. The van der Waals surface area contributed by atoms with Crippen LogP contribution in [-0.2, 0) is 11.3 Å². The lowest BCUT2D eigenvalue weighted by molar-refractivity contribution is -0.122. The number of carbonyl (C=O) groups is 1. The molecule has 0 aliphatic heterocycles. The lowest BCUT2D eigenvalue weighted by Crippen LogP contribution is -2.24. The predicted molar refractivity (Wildman–Crippen MR) is 80.2 cm³/mol. The third-order valence-electron chi connectivity index (χ3n) is 4.09. The number of hydrogen-bond donors (Lipinski definition) is 1. The normalized spacial score (nSPS) is 19.8. The largest absolute Gasteiger partial charge is 0.352 e. The summed E-state index contributed by atoms with van der Waals surface area (Å²) >= 11 is 0. The molecule has 2 atom stereocenters. The maximum absolute atomic E-state index is 13.2. The molecule has 1 aliphatic rings. The fraction of sp³-hybridized carbons (Fsp3) is 0.278. The van der Waals surface area contributed by atoms with Crippen molar-refractivity contribution < 1.29 is 13.6 Å². The van der Waals surface area contributed by atoms with Gasteiger partial charge in [-0.3, -0.25) is 4.79 Å². The van der Waals surface area contributed by atoms with Crippen molar-refractivity contribution in [1.82, 2.24) is 5.32 Å². The molecule has 2 nitrogen and oxygen atoms in total. The summed E-state index contributed by atoms with van der Waals surface area (Å²) < 4.78 is 26.4. The molecule has 0 heterocycles. The molecule has 114 valence electrons. The highest BCUT2D eigenvalue weighted by Crippen LogP contribution is 2.47. The predicted octanol–water partition coefficient (Wildman–Crippen LogP) is 3.69. The summed E-state index contributed by atoms with van der Waals surface area (Å²) in [5, 5.41) is 2.87. The van der Waals surface area contributed by atoms with Crippen molar-refractivity contribution in [3.8, 4) is 0 Å². The summed E-state index contributed by atoms with van der Waals surface area (Å²) in [6.45, 7) is 2.08. The minimum absolute atomic E-state index is 0.0313. The lowest BCUT2D eigenvalue weighted by atomic mass is 10.1. The molecular formula is C18H17F2NO. The lowest BCUT2D eigenvalue weighted by Gasteiger charge is -2.07. The fourth-order valence-electron chi connectivity index (χ4n) is 2.73. The molecule has 1 saturated carbocycles. The average molecular weight is 301 g/mol. The van der Waals surface area contributed by atoms with E-state index in [0.717, 1.165) is 17.5 Å². The second kappa shape index (κ2) is 5.87. The second-order valence-corrected chi connectivity index (χ2v) is 5.81.